The predicted molar refractivity (Wildman–Crippen MR) is 67.1 cm³/mol. The maximum atomic E-state index is 12.8. The molecule has 0 radical (unpaired) electrons. The lowest BCUT2D eigenvalue weighted by molar-refractivity contribution is -0.141. The summed E-state index contributed by atoms with van der Waals surface area (Å²) in [6, 6.07) is 0.938. The molecule has 1 aliphatic heterocycles. The Balaban J connectivity index is 2.23. The number of hydrazine groups is 1. The number of nitrogens with two attached hydrogens (primary N) is 1. The fourth-order valence-electron chi connectivity index (χ4n) is 2.13. The maximum absolute atomic E-state index is 12.8. The van der Waals surface area contributed by atoms with Gasteiger partial charge in [0.25, 0.3) is 0 Å². The van der Waals surface area contributed by atoms with Crippen molar-refractivity contribution in [1.82, 2.24) is 9.97 Å². The van der Waals surface area contributed by atoms with E-state index >= 15 is 0 Å². The zero-order valence-electron chi connectivity index (χ0n) is 10.9. The van der Waals surface area contributed by atoms with Gasteiger partial charge in [-0.05, 0) is 12.8 Å². The van der Waals surface area contributed by atoms with Gasteiger partial charge in [-0.2, -0.15) is 18.2 Å². The Morgan fingerprint density at radius 1 is 1.35 bits per heavy atom. The van der Waals surface area contributed by atoms with E-state index in [1.807, 2.05) is 0 Å². The summed E-state index contributed by atoms with van der Waals surface area (Å²) in [6.45, 7) is 1.16. The second-order valence-corrected chi connectivity index (χ2v) is 4.50. The van der Waals surface area contributed by atoms with Crippen LogP contribution in [0.4, 0.5) is 24.9 Å². The van der Waals surface area contributed by atoms with Gasteiger partial charge in [-0.15, -0.1) is 0 Å². The van der Waals surface area contributed by atoms with Crippen LogP contribution in [-0.2, 0) is 10.9 Å². The van der Waals surface area contributed by atoms with Crippen molar-refractivity contribution in [2.45, 2.75) is 25.1 Å². The van der Waals surface area contributed by atoms with Crippen molar-refractivity contribution in [3.63, 3.8) is 0 Å². The molecule has 0 atom stereocenters. The largest absolute Gasteiger partial charge is 0.433 e. The Bertz CT molecular complexity index is 460. The lowest BCUT2D eigenvalue weighted by atomic mass is 10.1. The molecule has 0 bridgehead atoms. The van der Waals surface area contributed by atoms with Crippen molar-refractivity contribution in [2.75, 3.05) is 30.5 Å². The number of hydrogen-bond donors (Lipinski definition) is 2. The quantitative estimate of drug-likeness (QED) is 0.647. The van der Waals surface area contributed by atoms with Crippen LogP contribution in [0.2, 0.25) is 0 Å². The summed E-state index contributed by atoms with van der Waals surface area (Å²) in [5.41, 5.74) is 1.06. The van der Waals surface area contributed by atoms with E-state index in [9.17, 15) is 13.2 Å². The molecule has 1 aromatic heterocycles. The Morgan fingerprint density at radius 3 is 2.50 bits per heavy atom. The van der Waals surface area contributed by atoms with Crippen LogP contribution in [0.25, 0.3) is 0 Å². The molecular formula is C11H16F3N5O. The number of halogens is 3. The number of aromatic nitrogens is 2. The number of nitrogens with zero attached hydrogens (tertiary/aromatic N) is 3. The molecule has 0 unspecified atom stereocenters. The third-order valence-corrected chi connectivity index (χ3v) is 3.23. The van der Waals surface area contributed by atoms with Crippen LogP contribution in [-0.4, -0.2) is 36.3 Å². The van der Waals surface area contributed by atoms with Gasteiger partial charge in [0, 0.05) is 26.3 Å². The number of alkyl halides is 3. The Kier molecular flexibility index (Phi) is 4.29. The van der Waals surface area contributed by atoms with Crippen molar-refractivity contribution in [3.8, 4) is 0 Å². The van der Waals surface area contributed by atoms with Gasteiger partial charge < -0.3 is 9.64 Å². The van der Waals surface area contributed by atoms with Gasteiger partial charge in [-0.25, -0.2) is 10.8 Å². The molecule has 1 saturated heterocycles. The molecule has 0 spiro atoms. The maximum Gasteiger partial charge on any atom is 0.433 e. The van der Waals surface area contributed by atoms with Crippen molar-refractivity contribution in [3.05, 3.63) is 11.8 Å². The molecule has 0 amide bonds. The van der Waals surface area contributed by atoms with Crippen LogP contribution in [0.1, 0.15) is 18.5 Å². The van der Waals surface area contributed by atoms with Crippen LogP contribution in [0.15, 0.2) is 6.07 Å². The Hall–Kier alpha value is -1.61. The second kappa shape index (κ2) is 5.80. The number of hydrogen-bond acceptors (Lipinski definition) is 6. The standard InChI is InChI=1S/C11H16F3N5O/c1-20-7-2-4-19(5-3-7)9-6-8(11(12,13)14)16-10(17-9)18-15/h6-7H,2-5,15H2,1H3,(H,16,17,18). The molecule has 0 saturated carbocycles. The number of rotatable bonds is 3. The van der Waals surface area contributed by atoms with Gasteiger partial charge in [0.05, 0.1) is 6.10 Å². The minimum atomic E-state index is -4.53. The van der Waals surface area contributed by atoms with E-state index < -0.39 is 11.9 Å². The number of piperidine rings is 1. The summed E-state index contributed by atoms with van der Waals surface area (Å²) < 4.78 is 43.5. The zero-order chi connectivity index (χ0) is 14.8. The SMILES string of the molecule is COC1CCN(c2cc(C(F)(F)F)nc(NN)n2)CC1. The van der Waals surface area contributed by atoms with Gasteiger partial charge in [-0.3, -0.25) is 5.43 Å². The first-order valence-corrected chi connectivity index (χ1v) is 6.14. The van der Waals surface area contributed by atoms with E-state index in [1.165, 1.54) is 0 Å². The molecule has 112 valence electrons. The number of methoxy groups -OCH3 is 1. The first-order valence-electron chi connectivity index (χ1n) is 6.14. The minimum Gasteiger partial charge on any atom is -0.381 e. The topological polar surface area (TPSA) is 76.3 Å². The molecule has 2 rings (SSSR count). The third kappa shape index (κ3) is 3.28. The normalized spacial score (nSPS) is 17.4. The van der Waals surface area contributed by atoms with E-state index in [0.717, 1.165) is 18.9 Å². The average Bonchev–Trinajstić information content (AvgIpc) is 2.46. The molecule has 1 fully saturated rings. The van der Waals surface area contributed by atoms with Crippen molar-refractivity contribution in [1.29, 1.82) is 0 Å². The summed E-state index contributed by atoms with van der Waals surface area (Å²) in [7, 11) is 1.63. The third-order valence-electron chi connectivity index (χ3n) is 3.23. The molecule has 1 aromatic rings. The van der Waals surface area contributed by atoms with E-state index in [2.05, 4.69) is 15.4 Å². The number of anilines is 2. The molecular weight excluding hydrogens is 275 g/mol. The molecule has 2 heterocycles. The number of ether oxygens (including phenoxy) is 1. The summed E-state index contributed by atoms with van der Waals surface area (Å²) in [4.78, 5) is 9.07. The molecule has 3 N–H and O–H groups in total. The number of nitrogen functional groups attached to an aromatic ring is 1. The average molecular weight is 291 g/mol. The summed E-state index contributed by atoms with van der Waals surface area (Å²) in [5.74, 6) is 5.09. The highest BCUT2D eigenvalue weighted by atomic mass is 19.4. The first kappa shape index (κ1) is 14.8. The first-order chi connectivity index (χ1) is 9.44. The van der Waals surface area contributed by atoms with Gasteiger partial charge >= 0.3 is 6.18 Å². The van der Waals surface area contributed by atoms with Gasteiger partial charge in [0.15, 0.2) is 5.69 Å². The van der Waals surface area contributed by atoms with Crippen LogP contribution in [0.5, 0.6) is 0 Å². The highest BCUT2D eigenvalue weighted by Crippen LogP contribution is 2.31. The zero-order valence-corrected chi connectivity index (χ0v) is 10.9. The van der Waals surface area contributed by atoms with Crippen LogP contribution >= 0.6 is 0 Å². The monoisotopic (exact) mass is 291 g/mol. The summed E-state index contributed by atoms with van der Waals surface area (Å²) in [6.07, 6.45) is -2.91. The van der Waals surface area contributed by atoms with Gasteiger partial charge in [0.2, 0.25) is 5.95 Å². The van der Waals surface area contributed by atoms with Crippen molar-refractivity contribution in [2.24, 2.45) is 5.84 Å². The van der Waals surface area contributed by atoms with E-state index in [1.54, 1.807) is 12.0 Å². The molecule has 6 nitrogen and oxygen atoms in total. The Labute approximate surface area is 114 Å². The molecule has 0 aromatic carbocycles. The van der Waals surface area contributed by atoms with E-state index in [0.29, 0.717) is 13.1 Å². The van der Waals surface area contributed by atoms with Gasteiger partial charge in [-0.1, -0.05) is 0 Å². The predicted octanol–water partition coefficient (Wildman–Crippen LogP) is 1.40. The summed E-state index contributed by atoms with van der Waals surface area (Å²) >= 11 is 0. The molecule has 0 aliphatic carbocycles. The van der Waals surface area contributed by atoms with E-state index in [-0.39, 0.29) is 17.9 Å². The molecule has 1 aliphatic rings. The Morgan fingerprint density at radius 2 is 2.00 bits per heavy atom. The molecule has 20 heavy (non-hydrogen) atoms. The number of nitrogens with one attached hydrogen (secondary N) is 1. The fourth-order valence-corrected chi connectivity index (χ4v) is 2.13. The van der Waals surface area contributed by atoms with Crippen LogP contribution < -0.4 is 16.2 Å². The van der Waals surface area contributed by atoms with Crippen molar-refractivity contribution >= 4 is 11.8 Å². The molecule has 9 heteroatoms. The van der Waals surface area contributed by atoms with Gasteiger partial charge in [0.1, 0.15) is 5.82 Å². The fraction of sp³-hybridized carbons (Fsp3) is 0.636. The second-order valence-electron chi connectivity index (χ2n) is 4.50. The highest BCUT2D eigenvalue weighted by molar-refractivity contribution is 5.45. The lowest BCUT2D eigenvalue weighted by Gasteiger charge is -2.32. The van der Waals surface area contributed by atoms with E-state index in [4.69, 9.17) is 10.6 Å². The summed E-state index contributed by atoms with van der Waals surface area (Å²) in [5, 5.41) is 0. The van der Waals surface area contributed by atoms with Crippen LogP contribution in [0.3, 0.4) is 0 Å². The van der Waals surface area contributed by atoms with Crippen molar-refractivity contribution < 1.29 is 17.9 Å². The van der Waals surface area contributed by atoms with Crippen LogP contribution in [0, 0.1) is 0 Å². The lowest BCUT2D eigenvalue weighted by Crippen LogP contribution is -2.37. The minimum absolute atomic E-state index is 0.141. The highest BCUT2D eigenvalue weighted by Gasteiger charge is 2.34. The smallest absolute Gasteiger partial charge is 0.381 e.